The van der Waals surface area contributed by atoms with Gasteiger partial charge in [-0.2, -0.15) is 0 Å². The Labute approximate surface area is 157 Å². The Kier molecular flexibility index (Phi) is 7.69. The molecule has 0 aliphatic carbocycles. The molecule has 0 aromatic heterocycles. The Hall–Kier alpha value is -2.01. The molecule has 0 spiro atoms. The van der Waals surface area contributed by atoms with Gasteiger partial charge in [-0.15, -0.1) is 0 Å². The number of ether oxygens (including phenoxy) is 3. The summed E-state index contributed by atoms with van der Waals surface area (Å²) in [6, 6.07) is 3.77. The molecule has 5 heteroatoms. The number of phenols is 1. The number of aromatic hydroxyl groups is 1. The van der Waals surface area contributed by atoms with Crippen molar-refractivity contribution in [1.29, 1.82) is 0 Å². The first kappa shape index (κ1) is 22.0. The maximum atomic E-state index is 10.9. The minimum atomic E-state index is -0.460. The molecule has 0 radical (unpaired) electrons. The van der Waals surface area contributed by atoms with Gasteiger partial charge < -0.3 is 19.3 Å². The lowest BCUT2D eigenvalue weighted by Crippen LogP contribution is -2.18. The van der Waals surface area contributed by atoms with E-state index in [-0.39, 0.29) is 17.4 Å². The zero-order valence-corrected chi connectivity index (χ0v) is 16.8. The molecule has 0 heterocycles. The van der Waals surface area contributed by atoms with Crippen LogP contribution in [-0.4, -0.2) is 37.5 Å². The molecule has 1 aromatic rings. The average molecular weight is 364 g/mol. The molecule has 5 nitrogen and oxygen atoms in total. The molecule has 146 valence electrons. The van der Waals surface area contributed by atoms with Crippen LogP contribution in [0, 0.1) is 0 Å². The van der Waals surface area contributed by atoms with Crippen LogP contribution >= 0.6 is 0 Å². The molecule has 0 unspecified atom stereocenters. The van der Waals surface area contributed by atoms with E-state index < -0.39 is 5.97 Å². The highest BCUT2D eigenvalue weighted by atomic mass is 16.6. The Morgan fingerprint density at radius 3 is 1.96 bits per heavy atom. The van der Waals surface area contributed by atoms with Crippen LogP contribution in [0.15, 0.2) is 24.8 Å². The predicted octanol–water partition coefficient (Wildman–Crippen LogP) is 4.11. The van der Waals surface area contributed by atoms with Crippen LogP contribution in [0.4, 0.5) is 0 Å². The summed E-state index contributed by atoms with van der Waals surface area (Å²) < 4.78 is 16.0. The second-order valence-corrected chi connectivity index (χ2v) is 8.20. The van der Waals surface area contributed by atoms with Crippen molar-refractivity contribution in [2.75, 3.05) is 26.4 Å². The summed E-state index contributed by atoms with van der Waals surface area (Å²) in [4.78, 5) is 10.9. The topological polar surface area (TPSA) is 65.0 Å². The molecule has 1 aromatic carbocycles. The van der Waals surface area contributed by atoms with E-state index in [4.69, 9.17) is 14.2 Å². The fourth-order valence-corrected chi connectivity index (χ4v) is 2.42. The molecule has 26 heavy (non-hydrogen) atoms. The van der Waals surface area contributed by atoms with Crippen molar-refractivity contribution in [1.82, 2.24) is 0 Å². The van der Waals surface area contributed by atoms with Gasteiger partial charge in [-0.1, -0.05) is 48.1 Å². The van der Waals surface area contributed by atoms with Crippen molar-refractivity contribution in [3.63, 3.8) is 0 Å². The molecule has 0 amide bonds. The second-order valence-electron chi connectivity index (χ2n) is 8.20. The zero-order chi connectivity index (χ0) is 20.0. The maximum Gasteiger partial charge on any atom is 0.330 e. The highest BCUT2D eigenvalue weighted by molar-refractivity contribution is 5.81. The number of hydrogen-bond acceptors (Lipinski definition) is 5. The molecule has 0 aliphatic heterocycles. The number of carbonyl (C=O) groups excluding carboxylic acids is 1. The molecule has 0 saturated heterocycles. The van der Waals surface area contributed by atoms with Crippen LogP contribution in [-0.2, 0) is 25.1 Å². The van der Waals surface area contributed by atoms with E-state index in [9.17, 15) is 9.90 Å². The number of benzene rings is 1. The molecule has 0 atom stereocenters. The van der Waals surface area contributed by atoms with Gasteiger partial charge in [0.2, 0.25) is 0 Å². The van der Waals surface area contributed by atoms with Crippen LogP contribution < -0.4 is 4.74 Å². The van der Waals surface area contributed by atoms with Crippen molar-refractivity contribution in [3.05, 3.63) is 35.9 Å². The van der Waals surface area contributed by atoms with Crippen molar-refractivity contribution in [2.24, 2.45) is 0 Å². The molecular weight excluding hydrogens is 332 g/mol. The molecule has 0 saturated carbocycles. The zero-order valence-electron chi connectivity index (χ0n) is 16.8. The first-order valence-electron chi connectivity index (χ1n) is 8.84. The van der Waals surface area contributed by atoms with E-state index in [2.05, 4.69) is 48.1 Å². The fraction of sp³-hybridized carbons (Fsp3) is 0.571. The van der Waals surface area contributed by atoms with Gasteiger partial charge in [0.25, 0.3) is 0 Å². The van der Waals surface area contributed by atoms with E-state index in [0.29, 0.717) is 31.3 Å². The standard InChI is InChI=1S/C21H32O5/c1-8-18(22)26-12-10-24-9-11-25-15-13-16(20(2,3)4)19(23)17(14-15)21(5,6)7/h8,13-14,23H,1,9-12H2,2-7H3. The smallest absolute Gasteiger partial charge is 0.330 e. The molecule has 0 bridgehead atoms. The molecular formula is C21H32O5. The molecule has 0 fully saturated rings. The van der Waals surface area contributed by atoms with Crippen molar-refractivity contribution in [3.8, 4) is 11.5 Å². The van der Waals surface area contributed by atoms with E-state index in [1.165, 1.54) is 0 Å². The van der Waals surface area contributed by atoms with Gasteiger partial charge in [0, 0.05) is 17.2 Å². The summed E-state index contributed by atoms with van der Waals surface area (Å²) in [6.07, 6.45) is 1.12. The summed E-state index contributed by atoms with van der Waals surface area (Å²) in [5.41, 5.74) is 1.32. The number of hydrogen-bond donors (Lipinski definition) is 1. The SMILES string of the molecule is C=CC(=O)OCCOCCOc1cc(C(C)(C)C)c(O)c(C(C)(C)C)c1. The summed E-state index contributed by atoms with van der Waals surface area (Å²) in [7, 11) is 0. The number of esters is 1. The third-order valence-corrected chi connectivity index (χ3v) is 3.83. The van der Waals surface area contributed by atoms with E-state index >= 15 is 0 Å². The molecule has 1 N–H and O–H groups in total. The second kappa shape index (κ2) is 9.08. The van der Waals surface area contributed by atoms with Crippen molar-refractivity contribution in [2.45, 2.75) is 52.4 Å². The summed E-state index contributed by atoms with van der Waals surface area (Å²) in [6.45, 7) is 16.9. The number of carbonyl (C=O) groups is 1. The number of phenolic OH excluding ortho intramolecular Hbond substituents is 1. The first-order chi connectivity index (χ1) is 12.0. The quantitative estimate of drug-likeness (QED) is 0.427. The average Bonchev–Trinajstić information content (AvgIpc) is 2.52. The van der Waals surface area contributed by atoms with Gasteiger partial charge in [0.15, 0.2) is 0 Å². The monoisotopic (exact) mass is 364 g/mol. The summed E-state index contributed by atoms with van der Waals surface area (Å²) in [5.74, 6) is 0.579. The predicted molar refractivity (Wildman–Crippen MR) is 103 cm³/mol. The van der Waals surface area contributed by atoms with E-state index in [1.54, 1.807) is 0 Å². The summed E-state index contributed by atoms with van der Waals surface area (Å²) in [5, 5.41) is 10.7. The van der Waals surface area contributed by atoms with Crippen LogP contribution in [0.5, 0.6) is 11.5 Å². The molecule has 0 aliphatic rings. The van der Waals surface area contributed by atoms with Gasteiger partial charge in [-0.25, -0.2) is 4.79 Å². The van der Waals surface area contributed by atoms with Gasteiger partial charge >= 0.3 is 5.97 Å². The largest absolute Gasteiger partial charge is 0.507 e. The lowest BCUT2D eigenvalue weighted by atomic mass is 9.79. The van der Waals surface area contributed by atoms with Gasteiger partial charge in [-0.05, 0) is 23.0 Å². The molecule has 1 rings (SSSR count). The fourth-order valence-electron chi connectivity index (χ4n) is 2.42. The minimum absolute atomic E-state index is 0.187. The maximum absolute atomic E-state index is 10.9. The van der Waals surface area contributed by atoms with Crippen LogP contribution in [0.25, 0.3) is 0 Å². The van der Waals surface area contributed by atoms with Crippen LogP contribution in [0.2, 0.25) is 0 Å². The third kappa shape index (κ3) is 6.71. The Morgan fingerprint density at radius 1 is 1.00 bits per heavy atom. The summed E-state index contributed by atoms with van der Waals surface area (Å²) >= 11 is 0. The highest BCUT2D eigenvalue weighted by Crippen LogP contribution is 2.41. The first-order valence-corrected chi connectivity index (χ1v) is 8.84. The van der Waals surface area contributed by atoms with E-state index in [0.717, 1.165) is 17.2 Å². The van der Waals surface area contributed by atoms with Gasteiger partial charge in [0.1, 0.15) is 24.7 Å². The lowest BCUT2D eigenvalue weighted by Gasteiger charge is -2.28. The Balaban J connectivity index is 2.69. The van der Waals surface area contributed by atoms with Crippen LogP contribution in [0.3, 0.4) is 0 Å². The van der Waals surface area contributed by atoms with Gasteiger partial charge in [-0.3, -0.25) is 0 Å². The Morgan fingerprint density at radius 2 is 1.50 bits per heavy atom. The van der Waals surface area contributed by atoms with Crippen molar-refractivity contribution >= 4 is 5.97 Å². The van der Waals surface area contributed by atoms with Crippen LogP contribution in [0.1, 0.15) is 52.7 Å². The number of rotatable bonds is 8. The highest BCUT2D eigenvalue weighted by Gasteiger charge is 2.26. The lowest BCUT2D eigenvalue weighted by molar-refractivity contribution is -0.139. The minimum Gasteiger partial charge on any atom is -0.507 e. The normalized spacial score (nSPS) is 11.9. The van der Waals surface area contributed by atoms with Crippen molar-refractivity contribution < 1.29 is 24.1 Å². The van der Waals surface area contributed by atoms with Gasteiger partial charge in [0.05, 0.1) is 13.2 Å². The van der Waals surface area contributed by atoms with E-state index in [1.807, 2.05) is 12.1 Å². The third-order valence-electron chi connectivity index (χ3n) is 3.83. The Bertz CT molecular complexity index is 585.